The molecular weight excluding hydrogens is 280 g/mol. The quantitative estimate of drug-likeness (QED) is 0.807. The smallest absolute Gasteiger partial charge is 0.257 e. The Morgan fingerprint density at radius 1 is 1.35 bits per heavy atom. The summed E-state index contributed by atoms with van der Waals surface area (Å²) in [5, 5.41) is 3.83. The van der Waals surface area contributed by atoms with Crippen molar-refractivity contribution < 1.29 is 17.7 Å². The summed E-state index contributed by atoms with van der Waals surface area (Å²) in [4.78, 5) is 4.47. The van der Waals surface area contributed by atoms with Gasteiger partial charge in [0.2, 0.25) is 0 Å². The zero-order valence-electron chi connectivity index (χ0n) is 11.4. The van der Waals surface area contributed by atoms with Crippen LogP contribution in [-0.2, 0) is 21.0 Å². The van der Waals surface area contributed by atoms with Gasteiger partial charge in [-0.1, -0.05) is 18.1 Å². The Morgan fingerprint density at radius 3 is 2.85 bits per heavy atom. The highest BCUT2D eigenvalue weighted by molar-refractivity contribution is 7.91. The van der Waals surface area contributed by atoms with E-state index in [-0.39, 0.29) is 10.6 Å². The van der Waals surface area contributed by atoms with Crippen molar-refractivity contribution >= 4 is 9.84 Å². The van der Waals surface area contributed by atoms with Crippen LogP contribution in [0.25, 0.3) is 11.5 Å². The molecule has 1 aromatic heterocycles. The molecule has 0 unspecified atom stereocenters. The number of methoxy groups -OCH3 is 1. The summed E-state index contributed by atoms with van der Waals surface area (Å²) in [6.45, 7) is 2.11. The van der Waals surface area contributed by atoms with Gasteiger partial charge < -0.3 is 9.26 Å². The monoisotopic (exact) mass is 296 g/mol. The lowest BCUT2D eigenvalue weighted by molar-refractivity contribution is 0.199. The molecule has 1 heterocycles. The minimum Gasteiger partial charge on any atom is -0.384 e. The lowest BCUT2D eigenvalue weighted by atomic mass is 10.2. The molecule has 6 nitrogen and oxygen atoms in total. The summed E-state index contributed by atoms with van der Waals surface area (Å²) in [6, 6.07) is 6.51. The highest BCUT2D eigenvalue weighted by Gasteiger charge is 2.15. The number of rotatable bonds is 6. The molecule has 0 saturated heterocycles. The number of hydrogen-bond acceptors (Lipinski definition) is 6. The van der Waals surface area contributed by atoms with Crippen LogP contribution >= 0.6 is 0 Å². The van der Waals surface area contributed by atoms with Crippen LogP contribution in [0.4, 0.5) is 0 Å². The van der Waals surface area contributed by atoms with Crippen molar-refractivity contribution in [2.24, 2.45) is 0 Å². The summed E-state index contributed by atoms with van der Waals surface area (Å²) in [5.41, 5.74) is 0.593. The van der Waals surface area contributed by atoms with Crippen LogP contribution in [0.15, 0.2) is 33.7 Å². The first kappa shape index (κ1) is 14.7. The summed E-state index contributed by atoms with van der Waals surface area (Å²) >= 11 is 0. The van der Waals surface area contributed by atoms with E-state index >= 15 is 0 Å². The van der Waals surface area contributed by atoms with Gasteiger partial charge in [0.25, 0.3) is 5.89 Å². The predicted octanol–water partition coefficient (Wildman–Crippen LogP) is 1.72. The standard InChI is InChI=1S/C13H16N2O4S/c1-3-20(16,17)11-6-4-5-10(9-11)13-14-12(15-19-13)7-8-18-2/h4-6,9H,3,7-8H2,1-2H3. The van der Waals surface area contributed by atoms with E-state index in [2.05, 4.69) is 10.1 Å². The Hall–Kier alpha value is -1.73. The molecule has 0 aliphatic heterocycles. The number of nitrogens with zero attached hydrogens (tertiary/aromatic N) is 2. The minimum atomic E-state index is -3.25. The van der Waals surface area contributed by atoms with E-state index in [1.165, 1.54) is 0 Å². The third-order valence-electron chi connectivity index (χ3n) is 2.82. The Bertz CT molecular complexity index is 679. The SMILES string of the molecule is CCS(=O)(=O)c1cccc(-c2nc(CCOC)no2)c1. The van der Waals surface area contributed by atoms with E-state index in [9.17, 15) is 8.42 Å². The molecule has 0 aliphatic carbocycles. The average Bonchev–Trinajstić information content (AvgIpc) is 2.94. The molecular formula is C13H16N2O4S. The second-order valence-electron chi connectivity index (χ2n) is 4.19. The van der Waals surface area contributed by atoms with E-state index in [0.717, 1.165) is 0 Å². The molecule has 0 aliphatic rings. The number of benzene rings is 1. The van der Waals surface area contributed by atoms with Gasteiger partial charge in [0, 0.05) is 19.1 Å². The van der Waals surface area contributed by atoms with Crippen molar-refractivity contribution in [3.05, 3.63) is 30.1 Å². The molecule has 2 rings (SSSR count). The molecule has 0 N–H and O–H groups in total. The summed E-state index contributed by atoms with van der Waals surface area (Å²) in [7, 11) is -1.65. The molecule has 0 saturated carbocycles. The molecule has 0 spiro atoms. The number of hydrogen-bond donors (Lipinski definition) is 0. The van der Waals surface area contributed by atoms with Crippen LogP contribution in [-0.4, -0.2) is 38.0 Å². The number of aromatic nitrogens is 2. The fraction of sp³-hybridized carbons (Fsp3) is 0.385. The molecule has 0 bridgehead atoms. The third-order valence-corrected chi connectivity index (χ3v) is 4.55. The topological polar surface area (TPSA) is 82.3 Å². The van der Waals surface area contributed by atoms with Gasteiger partial charge in [-0.05, 0) is 18.2 Å². The van der Waals surface area contributed by atoms with E-state index < -0.39 is 9.84 Å². The molecule has 20 heavy (non-hydrogen) atoms. The molecule has 0 atom stereocenters. The normalized spacial score (nSPS) is 11.7. The van der Waals surface area contributed by atoms with Gasteiger partial charge in [0.05, 0.1) is 17.3 Å². The Balaban J connectivity index is 2.29. The highest BCUT2D eigenvalue weighted by Crippen LogP contribution is 2.21. The van der Waals surface area contributed by atoms with Crippen LogP contribution in [0.3, 0.4) is 0 Å². The van der Waals surface area contributed by atoms with E-state index in [1.54, 1.807) is 38.3 Å². The Morgan fingerprint density at radius 2 is 2.15 bits per heavy atom. The highest BCUT2D eigenvalue weighted by atomic mass is 32.2. The van der Waals surface area contributed by atoms with Crippen molar-refractivity contribution in [1.82, 2.24) is 10.1 Å². The van der Waals surface area contributed by atoms with Gasteiger partial charge in [-0.15, -0.1) is 0 Å². The van der Waals surface area contributed by atoms with Gasteiger partial charge in [-0.2, -0.15) is 4.98 Å². The second-order valence-corrected chi connectivity index (χ2v) is 6.47. The molecule has 108 valence electrons. The maximum absolute atomic E-state index is 11.8. The van der Waals surface area contributed by atoms with E-state index in [1.807, 2.05) is 0 Å². The number of ether oxygens (including phenoxy) is 1. The molecule has 1 aromatic carbocycles. The largest absolute Gasteiger partial charge is 0.384 e. The van der Waals surface area contributed by atoms with Crippen molar-refractivity contribution in [3.8, 4) is 11.5 Å². The van der Waals surface area contributed by atoms with Gasteiger partial charge in [0.15, 0.2) is 15.7 Å². The van der Waals surface area contributed by atoms with Crippen LogP contribution < -0.4 is 0 Å². The van der Waals surface area contributed by atoms with E-state index in [0.29, 0.717) is 30.3 Å². The maximum Gasteiger partial charge on any atom is 0.257 e. The van der Waals surface area contributed by atoms with Crippen LogP contribution in [0.5, 0.6) is 0 Å². The van der Waals surface area contributed by atoms with Crippen molar-refractivity contribution in [1.29, 1.82) is 0 Å². The second kappa shape index (κ2) is 6.15. The molecule has 2 aromatic rings. The van der Waals surface area contributed by atoms with Crippen molar-refractivity contribution in [2.75, 3.05) is 19.5 Å². The van der Waals surface area contributed by atoms with Crippen LogP contribution in [0.2, 0.25) is 0 Å². The Labute approximate surface area is 117 Å². The zero-order valence-corrected chi connectivity index (χ0v) is 12.2. The van der Waals surface area contributed by atoms with E-state index in [4.69, 9.17) is 9.26 Å². The average molecular weight is 296 g/mol. The van der Waals surface area contributed by atoms with Gasteiger partial charge in [0.1, 0.15) is 0 Å². The molecule has 0 radical (unpaired) electrons. The summed E-state index contributed by atoms with van der Waals surface area (Å²) in [5.74, 6) is 0.897. The van der Waals surface area contributed by atoms with Gasteiger partial charge in [-0.3, -0.25) is 0 Å². The van der Waals surface area contributed by atoms with Gasteiger partial charge in [-0.25, -0.2) is 8.42 Å². The molecule has 0 amide bonds. The molecule has 7 heteroatoms. The fourth-order valence-corrected chi connectivity index (χ4v) is 2.58. The Kier molecular flexibility index (Phi) is 4.51. The lowest BCUT2D eigenvalue weighted by Gasteiger charge is -2.02. The zero-order chi connectivity index (χ0) is 14.6. The summed E-state index contributed by atoms with van der Waals surface area (Å²) in [6.07, 6.45) is 0.549. The first-order chi connectivity index (χ1) is 9.56. The van der Waals surface area contributed by atoms with Crippen molar-refractivity contribution in [3.63, 3.8) is 0 Å². The van der Waals surface area contributed by atoms with Gasteiger partial charge >= 0.3 is 0 Å². The molecule has 0 fully saturated rings. The van der Waals surface area contributed by atoms with Crippen LogP contribution in [0.1, 0.15) is 12.7 Å². The summed E-state index contributed by atoms with van der Waals surface area (Å²) < 4.78 is 33.8. The minimum absolute atomic E-state index is 0.0549. The first-order valence-electron chi connectivity index (χ1n) is 6.21. The third kappa shape index (κ3) is 3.23. The first-order valence-corrected chi connectivity index (χ1v) is 7.86. The van der Waals surface area contributed by atoms with Crippen LogP contribution in [0, 0.1) is 0 Å². The number of sulfone groups is 1. The fourth-order valence-electron chi connectivity index (χ4n) is 1.66. The lowest BCUT2D eigenvalue weighted by Crippen LogP contribution is -2.03. The van der Waals surface area contributed by atoms with Crippen molar-refractivity contribution in [2.45, 2.75) is 18.2 Å². The maximum atomic E-state index is 11.8. The predicted molar refractivity (Wildman–Crippen MR) is 73.0 cm³/mol.